The van der Waals surface area contributed by atoms with Gasteiger partial charge in [0.15, 0.2) is 0 Å². The quantitative estimate of drug-likeness (QED) is 0.195. The molecule has 0 fully saturated rings. The molecule has 6 heteroatoms. The Kier molecular flexibility index (Phi) is 7.47. The molecule has 242 valence electrons. The maximum atomic E-state index is 10.8. The maximum absolute atomic E-state index is 10.8. The van der Waals surface area contributed by atoms with Crippen LogP contribution in [0.4, 0.5) is 0 Å². The van der Waals surface area contributed by atoms with Crippen molar-refractivity contribution in [2.24, 2.45) is 0 Å². The first-order valence-corrected chi connectivity index (χ1v) is 17.0. The highest BCUT2D eigenvalue weighted by atomic mass is 14.8. The van der Waals surface area contributed by atoms with E-state index in [0.717, 1.165) is 66.7 Å². The summed E-state index contributed by atoms with van der Waals surface area (Å²) in [5, 5.41) is 21.5. The van der Waals surface area contributed by atoms with Gasteiger partial charge in [0.05, 0.1) is 33.9 Å². The topological polar surface area (TPSA) is 105 Å². The number of hydrogen-bond donors (Lipinski definition) is 2. The van der Waals surface area contributed by atoms with Gasteiger partial charge in [-0.3, -0.25) is 0 Å². The van der Waals surface area contributed by atoms with Crippen molar-refractivity contribution in [1.29, 1.82) is 10.5 Å². The monoisotopic (exact) mass is 664 g/mol. The molecule has 3 aromatic heterocycles. The third-order valence-electron chi connectivity index (χ3n) is 9.50. The molecule has 0 spiro atoms. The molecule has 0 amide bonds. The lowest BCUT2D eigenvalue weighted by atomic mass is 9.95. The second-order valence-electron chi connectivity index (χ2n) is 12.5. The number of allylic oxidation sites excluding steroid dienone is 2. The number of rotatable bonds is 4. The van der Waals surface area contributed by atoms with E-state index in [-0.39, 0.29) is 11.1 Å². The molecule has 2 aliphatic rings. The molecule has 9 rings (SSSR count). The summed E-state index contributed by atoms with van der Waals surface area (Å²) in [6, 6.07) is 53.3. The highest BCUT2D eigenvalue weighted by molar-refractivity contribution is 6.11. The van der Waals surface area contributed by atoms with Gasteiger partial charge < -0.3 is 9.97 Å². The molecule has 2 aliphatic heterocycles. The van der Waals surface area contributed by atoms with Gasteiger partial charge in [0.2, 0.25) is 0 Å². The zero-order chi connectivity index (χ0) is 35.0. The third kappa shape index (κ3) is 5.11. The molecule has 0 saturated carbocycles. The van der Waals surface area contributed by atoms with E-state index >= 15 is 0 Å². The van der Waals surface area contributed by atoms with E-state index in [9.17, 15) is 10.5 Å². The zero-order valence-electron chi connectivity index (χ0n) is 27.8. The number of aromatic amines is 2. The lowest BCUT2D eigenvalue weighted by Crippen LogP contribution is -1.92. The number of benzene rings is 4. The fraction of sp³-hybridized carbons (Fsp3) is 0. The van der Waals surface area contributed by atoms with Crippen molar-refractivity contribution in [1.82, 2.24) is 19.9 Å². The summed E-state index contributed by atoms with van der Waals surface area (Å²) in [5.41, 5.74) is 13.2. The number of aromatic nitrogens is 4. The Balaban J connectivity index is 1.55. The summed E-state index contributed by atoms with van der Waals surface area (Å²) in [6.07, 6.45) is 3.99. The Morgan fingerprint density at radius 1 is 0.365 bits per heavy atom. The number of hydrogen-bond acceptors (Lipinski definition) is 4. The fourth-order valence-electron chi connectivity index (χ4n) is 7.20. The first-order chi connectivity index (χ1) is 25.7. The molecule has 5 heterocycles. The zero-order valence-corrected chi connectivity index (χ0v) is 27.8. The average molecular weight is 665 g/mol. The van der Waals surface area contributed by atoms with Crippen molar-refractivity contribution in [2.75, 3.05) is 0 Å². The number of nitrogens with zero attached hydrogens (tertiary/aromatic N) is 4. The van der Waals surface area contributed by atoms with Gasteiger partial charge in [-0.15, -0.1) is 0 Å². The molecule has 0 saturated heterocycles. The number of nitriles is 2. The molecule has 8 bridgehead atoms. The van der Waals surface area contributed by atoms with Gasteiger partial charge >= 0.3 is 0 Å². The number of fused-ring (bicyclic) bond motifs is 8. The smallest absolute Gasteiger partial charge is 0.103 e. The minimum absolute atomic E-state index is 0.211. The van der Waals surface area contributed by atoms with E-state index < -0.39 is 0 Å². The van der Waals surface area contributed by atoms with Crippen molar-refractivity contribution in [2.45, 2.75) is 0 Å². The molecule has 52 heavy (non-hydrogen) atoms. The first-order valence-electron chi connectivity index (χ1n) is 17.0. The Bertz CT molecular complexity index is 2830. The first kappa shape index (κ1) is 30.5. The van der Waals surface area contributed by atoms with E-state index in [0.29, 0.717) is 22.6 Å². The third-order valence-corrected chi connectivity index (χ3v) is 9.50. The van der Waals surface area contributed by atoms with Crippen LogP contribution >= 0.6 is 0 Å². The van der Waals surface area contributed by atoms with E-state index in [1.54, 1.807) is 0 Å². The number of nitrogens with one attached hydrogen (secondary N) is 2. The van der Waals surface area contributed by atoms with E-state index in [4.69, 9.17) is 9.97 Å². The Morgan fingerprint density at radius 2 is 0.712 bits per heavy atom. The van der Waals surface area contributed by atoms with Crippen LogP contribution in [0.2, 0.25) is 0 Å². The molecule has 4 aromatic carbocycles. The number of H-pyrrole nitrogens is 2. The molecule has 6 nitrogen and oxygen atoms in total. The second kappa shape index (κ2) is 12.7. The lowest BCUT2D eigenvalue weighted by Gasteiger charge is -2.07. The summed E-state index contributed by atoms with van der Waals surface area (Å²) in [7, 11) is 0. The van der Waals surface area contributed by atoms with Gasteiger partial charge in [-0.05, 0) is 58.7 Å². The molecular weight excluding hydrogens is 637 g/mol. The van der Waals surface area contributed by atoms with E-state index in [1.807, 2.05) is 115 Å². The van der Waals surface area contributed by atoms with Crippen molar-refractivity contribution in [3.63, 3.8) is 0 Å². The summed E-state index contributed by atoms with van der Waals surface area (Å²) in [6.45, 7) is 0. The predicted molar refractivity (Wildman–Crippen MR) is 210 cm³/mol. The summed E-state index contributed by atoms with van der Waals surface area (Å²) in [5.74, 6) is 0. The summed E-state index contributed by atoms with van der Waals surface area (Å²) in [4.78, 5) is 18.0. The molecule has 2 N–H and O–H groups in total. The largest absolute Gasteiger partial charge is 0.354 e. The summed E-state index contributed by atoms with van der Waals surface area (Å²) < 4.78 is 0. The van der Waals surface area contributed by atoms with Crippen LogP contribution in [0, 0.1) is 22.7 Å². The van der Waals surface area contributed by atoms with Crippen LogP contribution in [0.25, 0.3) is 89.9 Å². The average Bonchev–Trinajstić information content (AvgIpc) is 4.03. The second-order valence-corrected chi connectivity index (χ2v) is 12.5. The normalized spacial score (nSPS) is 12.0. The van der Waals surface area contributed by atoms with Crippen molar-refractivity contribution in [3.8, 4) is 56.6 Å². The SMILES string of the molecule is N#CC1=C(C#N)c2nc1c(-c1ccccc1)c1nc(c(-c3ccccc3)c3ccc([nH]3)c(-c3ccccc3)c3ccc([nH]3)c2-c2ccccc2)C=C1. The summed E-state index contributed by atoms with van der Waals surface area (Å²) >= 11 is 0. The van der Waals surface area contributed by atoms with Crippen molar-refractivity contribution in [3.05, 3.63) is 168 Å². The van der Waals surface area contributed by atoms with Crippen LogP contribution in [-0.2, 0) is 0 Å². The van der Waals surface area contributed by atoms with Crippen molar-refractivity contribution >= 4 is 45.4 Å². The minimum atomic E-state index is 0.211. The Hall–Kier alpha value is -7.54. The van der Waals surface area contributed by atoms with Gasteiger partial charge in [0.1, 0.15) is 12.1 Å². The molecule has 7 aromatic rings. The van der Waals surface area contributed by atoms with Crippen LogP contribution < -0.4 is 0 Å². The van der Waals surface area contributed by atoms with E-state index in [2.05, 4.69) is 64.6 Å². The van der Waals surface area contributed by atoms with Gasteiger partial charge in [-0.1, -0.05) is 121 Å². The van der Waals surface area contributed by atoms with Gasteiger partial charge in [0.25, 0.3) is 0 Å². The highest BCUT2D eigenvalue weighted by Gasteiger charge is 2.29. The fourth-order valence-corrected chi connectivity index (χ4v) is 7.20. The van der Waals surface area contributed by atoms with Crippen LogP contribution in [0.15, 0.2) is 146 Å². The van der Waals surface area contributed by atoms with Gasteiger partial charge in [-0.25, -0.2) is 9.97 Å². The Morgan fingerprint density at radius 3 is 1.17 bits per heavy atom. The molecule has 0 unspecified atom stereocenters. The standard InChI is InChI=1S/C46H28N6/c47-27-33-34(28-48)46-44(32-19-11-4-12-20-32)40-26-24-38(51-40)42(30-15-7-2-8-16-30)36-22-21-35(49-36)41(29-13-5-1-6-14-29)37-23-25-39(50-37)43(45(33)52-46)31-17-9-3-10-18-31/h1-26,49-50H. The van der Waals surface area contributed by atoms with Crippen LogP contribution in [0.5, 0.6) is 0 Å². The highest BCUT2D eigenvalue weighted by Crippen LogP contribution is 2.43. The lowest BCUT2D eigenvalue weighted by molar-refractivity contribution is 1.27. The molecule has 0 aliphatic carbocycles. The van der Waals surface area contributed by atoms with Crippen LogP contribution in [0.3, 0.4) is 0 Å². The molecule has 0 radical (unpaired) electrons. The van der Waals surface area contributed by atoms with Gasteiger partial charge in [0, 0.05) is 44.3 Å². The van der Waals surface area contributed by atoms with Crippen LogP contribution in [-0.4, -0.2) is 19.9 Å². The maximum Gasteiger partial charge on any atom is 0.103 e. The van der Waals surface area contributed by atoms with E-state index in [1.165, 1.54) is 0 Å². The molecular formula is C46H28N6. The van der Waals surface area contributed by atoms with Gasteiger partial charge in [-0.2, -0.15) is 10.5 Å². The van der Waals surface area contributed by atoms with Crippen LogP contribution in [0.1, 0.15) is 22.8 Å². The Labute approximate surface area is 300 Å². The predicted octanol–water partition coefficient (Wildman–Crippen LogP) is 11.1. The van der Waals surface area contributed by atoms with Crippen molar-refractivity contribution < 1.29 is 0 Å². The molecule has 0 atom stereocenters. The minimum Gasteiger partial charge on any atom is -0.354 e.